The van der Waals surface area contributed by atoms with Crippen molar-refractivity contribution in [3.63, 3.8) is 0 Å². The molecule has 1 unspecified atom stereocenters. The smallest absolute Gasteiger partial charge is 0.326 e. The molecule has 2 N–H and O–H groups in total. The zero-order chi connectivity index (χ0) is 13.5. The molecule has 0 aliphatic carbocycles. The highest BCUT2D eigenvalue weighted by Crippen LogP contribution is 2.02. The van der Waals surface area contributed by atoms with Crippen LogP contribution in [0.3, 0.4) is 0 Å². The van der Waals surface area contributed by atoms with Crippen LogP contribution in [0.4, 0.5) is 5.82 Å². The Morgan fingerprint density at radius 3 is 2.94 bits per heavy atom. The van der Waals surface area contributed by atoms with Gasteiger partial charge in [-0.05, 0) is 6.92 Å². The number of hydrogen-bond acceptors (Lipinski definition) is 5. The molecular weight excluding hydrogens is 238 g/mol. The van der Waals surface area contributed by atoms with E-state index in [4.69, 9.17) is 9.84 Å². The molecule has 7 heteroatoms. The number of nitrogens with one attached hydrogen (secondary N) is 1. The van der Waals surface area contributed by atoms with E-state index in [0.29, 0.717) is 13.2 Å². The third-order valence-electron chi connectivity index (χ3n) is 2.47. The van der Waals surface area contributed by atoms with Gasteiger partial charge in [0.2, 0.25) is 0 Å². The second-order valence-electron chi connectivity index (χ2n) is 3.68. The van der Waals surface area contributed by atoms with Crippen LogP contribution in [0.5, 0.6) is 0 Å². The minimum atomic E-state index is -1.04. The summed E-state index contributed by atoms with van der Waals surface area (Å²) in [4.78, 5) is 26.7. The van der Waals surface area contributed by atoms with Crippen molar-refractivity contribution >= 4 is 11.8 Å². The van der Waals surface area contributed by atoms with E-state index in [9.17, 15) is 9.59 Å². The Hall–Kier alpha value is -1.89. The zero-order valence-corrected chi connectivity index (χ0v) is 10.4. The summed E-state index contributed by atoms with van der Waals surface area (Å²) in [7, 11) is 1.49. The Labute approximate surface area is 104 Å². The van der Waals surface area contributed by atoms with Crippen molar-refractivity contribution in [1.82, 2.24) is 9.55 Å². The predicted molar refractivity (Wildman–Crippen MR) is 65.7 cm³/mol. The molecule has 1 rings (SSSR count). The summed E-state index contributed by atoms with van der Waals surface area (Å²) >= 11 is 0. The first-order valence-electron chi connectivity index (χ1n) is 5.63. The largest absolute Gasteiger partial charge is 0.480 e. The normalized spacial score (nSPS) is 12.1. The first-order chi connectivity index (χ1) is 8.60. The predicted octanol–water partition coefficient (Wildman–Crippen LogP) is 0.165. The molecule has 0 aromatic carbocycles. The number of nitrogens with zero attached hydrogens (tertiary/aromatic N) is 2. The first kappa shape index (κ1) is 14.2. The maximum absolute atomic E-state index is 11.8. The maximum atomic E-state index is 11.8. The molecule has 100 valence electrons. The van der Waals surface area contributed by atoms with Crippen molar-refractivity contribution in [2.24, 2.45) is 0 Å². The monoisotopic (exact) mass is 255 g/mol. The first-order valence-corrected chi connectivity index (χ1v) is 5.63. The van der Waals surface area contributed by atoms with Crippen LogP contribution in [-0.2, 0) is 16.1 Å². The van der Waals surface area contributed by atoms with Crippen LogP contribution < -0.4 is 10.9 Å². The molecule has 1 heterocycles. The number of carbonyl (C=O) groups is 1. The molecule has 0 radical (unpaired) electrons. The molecule has 0 saturated carbocycles. The summed E-state index contributed by atoms with van der Waals surface area (Å²) in [6.07, 6.45) is 3.27. The molecule has 0 amide bonds. The average molecular weight is 255 g/mol. The Morgan fingerprint density at radius 2 is 2.39 bits per heavy atom. The van der Waals surface area contributed by atoms with Crippen molar-refractivity contribution in [2.45, 2.75) is 25.9 Å². The Bertz CT molecular complexity index is 458. The number of rotatable bonds is 7. The highest BCUT2D eigenvalue weighted by Gasteiger charge is 2.19. The van der Waals surface area contributed by atoms with Crippen molar-refractivity contribution in [3.05, 3.63) is 22.7 Å². The van der Waals surface area contributed by atoms with Gasteiger partial charge in [0.05, 0.1) is 0 Å². The van der Waals surface area contributed by atoms with Gasteiger partial charge < -0.3 is 19.7 Å². The van der Waals surface area contributed by atoms with Gasteiger partial charge in [-0.2, -0.15) is 0 Å². The van der Waals surface area contributed by atoms with Crippen LogP contribution in [0.15, 0.2) is 17.2 Å². The molecule has 0 aliphatic heterocycles. The van der Waals surface area contributed by atoms with E-state index in [-0.39, 0.29) is 17.8 Å². The van der Waals surface area contributed by atoms with Crippen molar-refractivity contribution in [1.29, 1.82) is 0 Å². The van der Waals surface area contributed by atoms with Crippen LogP contribution in [0, 0.1) is 0 Å². The number of aryl methyl sites for hydroxylation is 1. The van der Waals surface area contributed by atoms with Crippen LogP contribution in [0.2, 0.25) is 0 Å². The summed E-state index contributed by atoms with van der Waals surface area (Å²) in [5.41, 5.74) is -0.330. The van der Waals surface area contributed by atoms with Gasteiger partial charge in [-0.15, -0.1) is 0 Å². The van der Waals surface area contributed by atoms with Gasteiger partial charge in [0.1, 0.15) is 6.04 Å². The SMILES string of the molecule is CCn1ccnc(NC(CCOC)C(=O)O)c1=O. The Morgan fingerprint density at radius 1 is 1.67 bits per heavy atom. The van der Waals surface area contributed by atoms with Crippen molar-refractivity contribution in [3.8, 4) is 0 Å². The van der Waals surface area contributed by atoms with Crippen LogP contribution >= 0.6 is 0 Å². The minimum Gasteiger partial charge on any atom is -0.480 e. The van der Waals surface area contributed by atoms with E-state index in [0.717, 1.165) is 0 Å². The third-order valence-corrected chi connectivity index (χ3v) is 2.47. The molecule has 0 bridgehead atoms. The van der Waals surface area contributed by atoms with E-state index >= 15 is 0 Å². The number of anilines is 1. The Kier molecular flexibility index (Phi) is 5.31. The molecule has 1 aromatic rings. The lowest BCUT2D eigenvalue weighted by atomic mass is 10.2. The summed E-state index contributed by atoms with van der Waals surface area (Å²) in [6.45, 7) is 2.62. The molecular formula is C11H17N3O4. The summed E-state index contributed by atoms with van der Waals surface area (Å²) < 4.78 is 6.28. The number of ether oxygens (including phenoxy) is 1. The summed E-state index contributed by atoms with van der Waals surface area (Å²) in [5.74, 6) is -0.997. The highest BCUT2D eigenvalue weighted by molar-refractivity contribution is 5.76. The van der Waals surface area contributed by atoms with E-state index in [1.807, 2.05) is 6.92 Å². The average Bonchev–Trinajstić information content (AvgIpc) is 2.36. The quantitative estimate of drug-likeness (QED) is 0.721. The molecule has 0 aliphatic rings. The summed E-state index contributed by atoms with van der Waals surface area (Å²) in [5, 5.41) is 11.7. The lowest BCUT2D eigenvalue weighted by Crippen LogP contribution is -2.35. The number of aromatic nitrogens is 2. The standard InChI is InChI=1S/C11H17N3O4/c1-3-14-6-5-12-9(10(14)15)13-8(11(16)17)4-7-18-2/h5-6,8H,3-4,7H2,1-2H3,(H,12,13)(H,16,17). The molecule has 1 atom stereocenters. The van der Waals surface area contributed by atoms with E-state index in [2.05, 4.69) is 10.3 Å². The van der Waals surface area contributed by atoms with Crippen LogP contribution in [-0.4, -0.2) is 40.4 Å². The molecule has 0 spiro atoms. The number of aliphatic carboxylic acids is 1. The fourth-order valence-corrected chi connectivity index (χ4v) is 1.45. The number of methoxy groups -OCH3 is 1. The third kappa shape index (κ3) is 3.56. The fraction of sp³-hybridized carbons (Fsp3) is 0.545. The molecule has 18 heavy (non-hydrogen) atoms. The van der Waals surface area contributed by atoms with Gasteiger partial charge in [-0.1, -0.05) is 0 Å². The van der Waals surface area contributed by atoms with Crippen molar-refractivity contribution < 1.29 is 14.6 Å². The van der Waals surface area contributed by atoms with Gasteiger partial charge >= 0.3 is 5.97 Å². The second kappa shape index (κ2) is 6.75. The van der Waals surface area contributed by atoms with E-state index < -0.39 is 12.0 Å². The van der Waals surface area contributed by atoms with E-state index in [1.165, 1.54) is 17.9 Å². The van der Waals surface area contributed by atoms with Gasteiger partial charge in [-0.25, -0.2) is 9.78 Å². The maximum Gasteiger partial charge on any atom is 0.326 e. The lowest BCUT2D eigenvalue weighted by molar-refractivity contribution is -0.138. The number of carboxylic acids is 1. The zero-order valence-electron chi connectivity index (χ0n) is 10.4. The van der Waals surface area contributed by atoms with Gasteiger partial charge in [-0.3, -0.25) is 4.79 Å². The van der Waals surface area contributed by atoms with Gasteiger partial charge in [0, 0.05) is 39.1 Å². The second-order valence-corrected chi connectivity index (χ2v) is 3.68. The van der Waals surface area contributed by atoms with Gasteiger partial charge in [0.15, 0.2) is 5.82 Å². The number of carboxylic acid groups (broad SMARTS) is 1. The topological polar surface area (TPSA) is 93.4 Å². The molecule has 1 aromatic heterocycles. The molecule has 7 nitrogen and oxygen atoms in total. The Balaban J connectivity index is 2.87. The van der Waals surface area contributed by atoms with E-state index in [1.54, 1.807) is 6.20 Å². The van der Waals surface area contributed by atoms with Crippen LogP contribution in [0.1, 0.15) is 13.3 Å². The minimum absolute atomic E-state index is 0.0443. The van der Waals surface area contributed by atoms with Gasteiger partial charge in [0.25, 0.3) is 5.56 Å². The fourth-order valence-electron chi connectivity index (χ4n) is 1.45. The van der Waals surface area contributed by atoms with Crippen molar-refractivity contribution in [2.75, 3.05) is 19.0 Å². The number of hydrogen-bond donors (Lipinski definition) is 2. The molecule has 0 saturated heterocycles. The lowest BCUT2D eigenvalue weighted by Gasteiger charge is -2.14. The highest BCUT2D eigenvalue weighted by atomic mass is 16.5. The van der Waals surface area contributed by atoms with Crippen LogP contribution in [0.25, 0.3) is 0 Å². The molecule has 0 fully saturated rings. The summed E-state index contributed by atoms with van der Waals surface area (Å²) in [6, 6.07) is -0.891.